The Kier molecular flexibility index (Phi) is 4.07. The summed E-state index contributed by atoms with van der Waals surface area (Å²) in [6.07, 6.45) is 6.30. The fraction of sp³-hybridized carbons (Fsp3) is 0.474. The maximum absolute atomic E-state index is 12.7. The number of carbonyl (C=O) groups is 1. The van der Waals surface area contributed by atoms with Gasteiger partial charge in [0.1, 0.15) is 5.69 Å². The van der Waals surface area contributed by atoms with Crippen LogP contribution >= 0.6 is 0 Å². The van der Waals surface area contributed by atoms with Gasteiger partial charge in [0.05, 0.1) is 24.5 Å². The number of imidazole rings is 1. The number of hydrogen-bond donors (Lipinski definition) is 1. The molecular formula is C19H20F2N6O3. The number of nitrogens with one attached hydrogen (secondary N) is 1. The van der Waals surface area contributed by atoms with E-state index in [9.17, 15) is 13.6 Å². The molecule has 0 unspecified atom stereocenters. The number of halogens is 2. The highest BCUT2D eigenvalue weighted by Crippen LogP contribution is 2.58. The Morgan fingerprint density at radius 2 is 2.17 bits per heavy atom. The molecule has 0 atom stereocenters. The highest BCUT2D eigenvalue weighted by Gasteiger charge is 2.61. The molecule has 3 aromatic rings. The van der Waals surface area contributed by atoms with Gasteiger partial charge in [-0.1, -0.05) is 0 Å². The summed E-state index contributed by atoms with van der Waals surface area (Å²) in [5, 5.41) is 6.09. The Morgan fingerprint density at radius 1 is 1.37 bits per heavy atom. The second kappa shape index (κ2) is 6.46. The first-order valence-electron chi connectivity index (χ1n) is 9.62. The third-order valence-corrected chi connectivity index (χ3v) is 5.64. The van der Waals surface area contributed by atoms with Crippen LogP contribution in [0.2, 0.25) is 0 Å². The minimum Gasteiger partial charge on any atom is -0.475 e. The standard InChI is InChI=1S/C19H20F2N6O3/c1-3-29-16-14-23-12(19-8-18(2,9-19)30-10-19)7-26(14)6-11(22-16)15(28)24-13-4-5-27(25-13)17(20)21/h4-7,17H,3,8-10H2,1-2H3,(H,24,25,28). The zero-order valence-corrected chi connectivity index (χ0v) is 16.4. The number of anilines is 1. The normalized spacial score (nSPS) is 25.0. The maximum atomic E-state index is 12.7. The Morgan fingerprint density at radius 3 is 2.80 bits per heavy atom. The Bertz CT molecular complexity index is 1130. The van der Waals surface area contributed by atoms with Crippen molar-refractivity contribution >= 4 is 17.4 Å². The molecule has 5 heterocycles. The van der Waals surface area contributed by atoms with Gasteiger partial charge >= 0.3 is 6.55 Å². The molecule has 1 amide bonds. The van der Waals surface area contributed by atoms with Crippen LogP contribution in [0.25, 0.3) is 5.65 Å². The van der Waals surface area contributed by atoms with Gasteiger partial charge in [0.15, 0.2) is 5.82 Å². The van der Waals surface area contributed by atoms with Crippen LogP contribution in [0.15, 0.2) is 24.7 Å². The predicted molar refractivity (Wildman–Crippen MR) is 101 cm³/mol. The minimum absolute atomic E-state index is 0.00206. The first-order chi connectivity index (χ1) is 14.3. The van der Waals surface area contributed by atoms with Crippen molar-refractivity contribution in [2.24, 2.45) is 0 Å². The third kappa shape index (κ3) is 2.92. The summed E-state index contributed by atoms with van der Waals surface area (Å²) in [6, 6.07) is 1.29. The van der Waals surface area contributed by atoms with Crippen molar-refractivity contribution in [1.82, 2.24) is 24.1 Å². The molecule has 1 saturated carbocycles. The second-order valence-electron chi connectivity index (χ2n) is 8.01. The smallest absolute Gasteiger partial charge is 0.333 e. The average molecular weight is 418 g/mol. The van der Waals surface area contributed by atoms with Crippen molar-refractivity contribution in [3.05, 3.63) is 36.0 Å². The average Bonchev–Trinajstić information content (AvgIpc) is 3.42. The van der Waals surface area contributed by atoms with Gasteiger partial charge in [-0.2, -0.15) is 13.9 Å². The fourth-order valence-corrected chi connectivity index (χ4v) is 4.41. The van der Waals surface area contributed by atoms with Crippen molar-refractivity contribution < 1.29 is 23.0 Å². The number of ether oxygens (including phenoxy) is 2. The second-order valence-corrected chi connectivity index (χ2v) is 8.01. The molecule has 3 aromatic heterocycles. The Hall–Kier alpha value is -3.08. The summed E-state index contributed by atoms with van der Waals surface area (Å²) in [7, 11) is 0. The molecule has 0 radical (unpaired) electrons. The molecule has 11 heteroatoms. The first-order valence-corrected chi connectivity index (χ1v) is 9.62. The fourth-order valence-electron chi connectivity index (χ4n) is 4.41. The van der Waals surface area contributed by atoms with E-state index in [-0.39, 0.29) is 28.4 Å². The summed E-state index contributed by atoms with van der Waals surface area (Å²) in [4.78, 5) is 21.7. The summed E-state index contributed by atoms with van der Waals surface area (Å²) >= 11 is 0. The molecule has 2 aliphatic heterocycles. The summed E-state index contributed by atoms with van der Waals surface area (Å²) in [5.74, 6) is -0.361. The van der Waals surface area contributed by atoms with Gasteiger partial charge in [-0.05, 0) is 26.7 Å². The van der Waals surface area contributed by atoms with E-state index in [4.69, 9.17) is 14.5 Å². The Balaban J connectivity index is 1.47. The molecule has 0 spiro atoms. The number of amides is 1. The van der Waals surface area contributed by atoms with Crippen molar-refractivity contribution in [1.29, 1.82) is 0 Å². The van der Waals surface area contributed by atoms with E-state index in [1.165, 1.54) is 12.3 Å². The van der Waals surface area contributed by atoms with E-state index in [2.05, 4.69) is 22.3 Å². The van der Waals surface area contributed by atoms with E-state index in [0.29, 0.717) is 23.5 Å². The molecule has 158 valence electrons. The van der Waals surface area contributed by atoms with Crippen LogP contribution in [0.1, 0.15) is 49.4 Å². The SMILES string of the molecule is CCOc1nc(C(=O)Nc2ccn(C(F)F)n2)cn2cc(C34COC(C)(C3)C4)nc12. The molecule has 3 aliphatic rings. The largest absolute Gasteiger partial charge is 0.475 e. The van der Waals surface area contributed by atoms with Crippen LogP contribution in [0.5, 0.6) is 5.88 Å². The highest BCUT2D eigenvalue weighted by molar-refractivity contribution is 6.02. The number of hydrogen-bond acceptors (Lipinski definition) is 6. The van der Waals surface area contributed by atoms with Crippen LogP contribution in [0.4, 0.5) is 14.6 Å². The van der Waals surface area contributed by atoms with Crippen LogP contribution in [0, 0.1) is 0 Å². The van der Waals surface area contributed by atoms with Crippen LogP contribution in [-0.4, -0.2) is 48.9 Å². The van der Waals surface area contributed by atoms with Crippen molar-refractivity contribution in [2.75, 3.05) is 18.5 Å². The van der Waals surface area contributed by atoms with Crippen LogP contribution in [0.3, 0.4) is 0 Å². The Labute approximate surface area is 170 Å². The number of carbonyl (C=O) groups excluding carboxylic acids is 1. The van der Waals surface area contributed by atoms with Crippen molar-refractivity contribution in [3.63, 3.8) is 0 Å². The summed E-state index contributed by atoms with van der Waals surface area (Å²) in [6.45, 7) is 2.09. The van der Waals surface area contributed by atoms with E-state index in [1.54, 1.807) is 4.40 Å². The first kappa shape index (κ1) is 18.9. The summed E-state index contributed by atoms with van der Waals surface area (Å²) in [5.41, 5.74) is 1.26. The molecule has 0 aromatic carbocycles. The number of aromatic nitrogens is 5. The van der Waals surface area contributed by atoms with Gasteiger partial charge in [-0.15, -0.1) is 0 Å². The lowest BCUT2D eigenvalue weighted by molar-refractivity contribution is 0.0154. The number of fused-ring (bicyclic) bond motifs is 2. The van der Waals surface area contributed by atoms with Gasteiger partial charge in [0, 0.05) is 30.1 Å². The van der Waals surface area contributed by atoms with Gasteiger partial charge in [-0.25, -0.2) is 14.6 Å². The third-order valence-electron chi connectivity index (χ3n) is 5.64. The monoisotopic (exact) mass is 418 g/mol. The molecule has 1 aliphatic carbocycles. The van der Waals surface area contributed by atoms with Gasteiger partial charge < -0.3 is 14.8 Å². The van der Waals surface area contributed by atoms with Crippen LogP contribution in [-0.2, 0) is 10.2 Å². The molecule has 6 rings (SSSR count). The lowest BCUT2D eigenvalue weighted by Crippen LogP contribution is -2.45. The van der Waals surface area contributed by atoms with Crippen LogP contribution < -0.4 is 10.1 Å². The van der Waals surface area contributed by atoms with Gasteiger partial charge in [-0.3, -0.25) is 9.20 Å². The molecular weight excluding hydrogens is 398 g/mol. The number of alkyl halides is 2. The zero-order chi connectivity index (χ0) is 21.1. The predicted octanol–water partition coefficient (Wildman–Crippen LogP) is 2.79. The minimum atomic E-state index is -2.79. The van der Waals surface area contributed by atoms with Crippen molar-refractivity contribution in [3.8, 4) is 5.88 Å². The lowest BCUT2D eigenvalue weighted by atomic mass is 9.62. The van der Waals surface area contributed by atoms with E-state index < -0.39 is 12.5 Å². The molecule has 2 saturated heterocycles. The molecule has 3 fully saturated rings. The molecule has 2 bridgehead atoms. The number of rotatable bonds is 6. The molecule has 9 nitrogen and oxygen atoms in total. The van der Waals surface area contributed by atoms with Gasteiger partial charge in [0.2, 0.25) is 5.65 Å². The quantitative estimate of drug-likeness (QED) is 0.661. The van der Waals surface area contributed by atoms with E-state index in [0.717, 1.165) is 24.7 Å². The topological polar surface area (TPSA) is 95.6 Å². The van der Waals surface area contributed by atoms with Crippen molar-refractivity contribution in [2.45, 2.75) is 44.3 Å². The molecule has 1 N–H and O–H groups in total. The molecule has 30 heavy (non-hydrogen) atoms. The van der Waals surface area contributed by atoms with E-state index in [1.807, 2.05) is 13.1 Å². The van der Waals surface area contributed by atoms with E-state index >= 15 is 0 Å². The zero-order valence-electron chi connectivity index (χ0n) is 16.4. The maximum Gasteiger partial charge on any atom is 0.333 e. The van der Waals surface area contributed by atoms with Gasteiger partial charge in [0.25, 0.3) is 11.8 Å². The lowest BCUT2D eigenvalue weighted by Gasteiger charge is -2.41. The summed E-state index contributed by atoms with van der Waals surface area (Å²) < 4.78 is 39.0. The highest BCUT2D eigenvalue weighted by atomic mass is 19.3. The number of nitrogens with zero attached hydrogens (tertiary/aromatic N) is 5.